The number of anilines is 1. The first kappa shape index (κ1) is 21.5. The Hall–Kier alpha value is -3.70. The molecule has 0 unspecified atom stereocenters. The monoisotopic (exact) mass is 440 g/mol. The molecule has 5 heteroatoms. The van der Waals surface area contributed by atoms with Crippen LogP contribution in [-0.4, -0.2) is 11.8 Å². The number of hydrogen-bond acceptors (Lipinski definition) is 3. The minimum atomic E-state index is -0.783. The maximum atomic E-state index is 13.6. The second-order valence-electron chi connectivity index (χ2n) is 7.37. The van der Waals surface area contributed by atoms with E-state index in [2.05, 4.69) is 5.32 Å². The summed E-state index contributed by atoms with van der Waals surface area (Å²) in [6.45, 7) is 0.394. The maximum absolute atomic E-state index is 13.6. The molecule has 1 aromatic heterocycles. The van der Waals surface area contributed by atoms with Crippen molar-refractivity contribution in [2.45, 2.75) is 19.0 Å². The summed E-state index contributed by atoms with van der Waals surface area (Å²) in [6.07, 6.45) is 0.238. The highest BCUT2D eigenvalue weighted by atomic mass is 32.1. The molecule has 1 atom stereocenters. The summed E-state index contributed by atoms with van der Waals surface area (Å²) in [6, 6.07) is 31.7. The van der Waals surface area contributed by atoms with Crippen molar-refractivity contribution in [3.8, 4) is 0 Å². The Morgan fingerprint density at radius 2 is 1.41 bits per heavy atom. The first-order valence-electron chi connectivity index (χ1n) is 10.5. The predicted molar refractivity (Wildman–Crippen MR) is 129 cm³/mol. The van der Waals surface area contributed by atoms with E-state index in [1.807, 2.05) is 109 Å². The Kier molecular flexibility index (Phi) is 7.10. The van der Waals surface area contributed by atoms with Gasteiger partial charge >= 0.3 is 0 Å². The van der Waals surface area contributed by atoms with Gasteiger partial charge in [-0.3, -0.25) is 14.5 Å². The number of carbonyl (C=O) groups is 2. The largest absolute Gasteiger partial charge is 0.350 e. The summed E-state index contributed by atoms with van der Waals surface area (Å²) in [7, 11) is 0. The van der Waals surface area contributed by atoms with Gasteiger partial charge in [-0.2, -0.15) is 0 Å². The Bertz CT molecular complexity index is 1130. The third kappa shape index (κ3) is 5.31. The quantitative estimate of drug-likeness (QED) is 0.400. The van der Waals surface area contributed by atoms with Crippen LogP contribution in [0, 0.1) is 0 Å². The Morgan fingerprint density at radius 3 is 2.03 bits per heavy atom. The van der Waals surface area contributed by atoms with Gasteiger partial charge in [0, 0.05) is 17.1 Å². The molecule has 0 saturated carbocycles. The van der Waals surface area contributed by atoms with Gasteiger partial charge in [-0.25, -0.2) is 0 Å². The fraction of sp³-hybridized carbons (Fsp3) is 0.111. The predicted octanol–water partition coefficient (Wildman–Crippen LogP) is 5.38. The van der Waals surface area contributed by atoms with E-state index < -0.39 is 6.04 Å². The highest BCUT2D eigenvalue weighted by molar-refractivity contribution is 7.10. The van der Waals surface area contributed by atoms with Gasteiger partial charge in [0.1, 0.15) is 6.04 Å². The minimum absolute atomic E-state index is 0.123. The molecule has 0 aliphatic heterocycles. The van der Waals surface area contributed by atoms with Crippen LogP contribution in [0.4, 0.5) is 5.69 Å². The topological polar surface area (TPSA) is 49.4 Å². The third-order valence-corrected chi connectivity index (χ3v) is 6.02. The molecule has 0 aliphatic rings. The van der Waals surface area contributed by atoms with E-state index in [1.54, 1.807) is 4.90 Å². The molecule has 0 fully saturated rings. The van der Waals surface area contributed by atoms with Crippen molar-refractivity contribution in [2.75, 3.05) is 4.90 Å². The molecular weight excluding hydrogens is 416 g/mol. The molecule has 1 N–H and O–H groups in total. The zero-order chi connectivity index (χ0) is 22.2. The summed E-state index contributed by atoms with van der Waals surface area (Å²) >= 11 is 1.54. The van der Waals surface area contributed by atoms with Crippen molar-refractivity contribution < 1.29 is 9.59 Å². The van der Waals surface area contributed by atoms with Gasteiger partial charge in [-0.15, -0.1) is 11.3 Å². The summed E-state index contributed by atoms with van der Waals surface area (Å²) in [5.41, 5.74) is 2.46. The van der Waals surface area contributed by atoms with Crippen LogP contribution in [0.2, 0.25) is 0 Å². The van der Waals surface area contributed by atoms with Crippen LogP contribution in [0.1, 0.15) is 22.0 Å². The van der Waals surface area contributed by atoms with Crippen LogP contribution in [-0.2, 0) is 22.6 Å². The zero-order valence-electron chi connectivity index (χ0n) is 17.6. The van der Waals surface area contributed by atoms with Crippen molar-refractivity contribution >= 4 is 28.8 Å². The van der Waals surface area contributed by atoms with E-state index in [4.69, 9.17) is 0 Å². The van der Waals surface area contributed by atoms with Crippen LogP contribution in [0.5, 0.6) is 0 Å². The number of amides is 2. The van der Waals surface area contributed by atoms with Crippen LogP contribution in [0.3, 0.4) is 0 Å². The lowest BCUT2D eigenvalue weighted by atomic mass is 10.0. The van der Waals surface area contributed by atoms with Crippen LogP contribution in [0.25, 0.3) is 0 Å². The number of rotatable bonds is 8. The van der Waals surface area contributed by atoms with Crippen LogP contribution in [0.15, 0.2) is 109 Å². The molecular formula is C27H24N2O2S. The smallest absolute Gasteiger partial charge is 0.248 e. The lowest BCUT2D eigenvalue weighted by Crippen LogP contribution is -2.44. The van der Waals surface area contributed by atoms with Crippen molar-refractivity contribution in [1.29, 1.82) is 0 Å². The lowest BCUT2D eigenvalue weighted by Gasteiger charge is -2.31. The second kappa shape index (κ2) is 10.6. The number of hydrogen-bond donors (Lipinski definition) is 1. The van der Waals surface area contributed by atoms with Gasteiger partial charge in [-0.05, 0) is 34.7 Å². The summed E-state index contributed by atoms with van der Waals surface area (Å²) in [4.78, 5) is 29.7. The molecule has 0 saturated heterocycles. The van der Waals surface area contributed by atoms with E-state index >= 15 is 0 Å². The highest BCUT2D eigenvalue weighted by Crippen LogP contribution is 2.29. The fourth-order valence-electron chi connectivity index (χ4n) is 3.61. The first-order chi connectivity index (χ1) is 15.7. The molecule has 2 amide bonds. The molecule has 4 aromatic rings. The number of para-hydroxylation sites is 1. The van der Waals surface area contributed by atoms with Crippen molar-refractivity contribution in [3.63, 3.8) is 0 Å². The van der Waals surface area contributed by atoms with Gasteiger partial charge in [0.15, 0.2) is 0 Å². The normalized spacial score (nSPS) is 11.5. The molecule has 32 heavy (non-hydrogen) atoms. The fourth-order valence-corrected chi connectivity index (χ4v) is 4.30. The standard InChI is InChI=1S/C27H24N2O2S/c30-25(19-24-17-10-18-32-24)29(23-15-8-3-9-16-23)26(22-13-6-2-7-14-22)27(31)28-20-21-11-4-1-5-12-21/h1-18,26H,19-20H2,(H,28,31)/t26-/m0/s1. The second-order valence-corrected chi connectivity index (χ2v) is 8.40. The summed E-state index contributed by atoms with van der Waals surface area (Å²) < 4.78 is 0. The molecule has 3 aromatic carbocycles. The number of carbonyl (C=O) groups excluding carboxylic acids is 2. The van der Waals surface area contributed by atoms with E-state index in [0.717, 1.165) is 16.0 Å². The van der Waals surface area contributed by atoms with Gasteiger partial charge < -0.3 is 5.32 Å². The van der Waals surface area contributed by atoms with Gasteiger partial charge in [0.25, 0.3) is 0 Å². The SMILES string of the molecule is O=C(NCc1ccccc1)[C@H](c1ccccc1)N(C(=O)Cc1cccs1)c1ccccc1. The van der Waals surface area contributed by atoms with E-state index in [0.29, 0.717) is 12.2 Å². The molecule has 0 aliphatic carbocycles. The first-order valence-corrected chi connectivity index (χ1v) is 11.4. The Morgan fingerprint density at radius 1 is 0.781 bits per heavy atom. The van der Waals surface area contributed by atoms with Gasteiger partial charge in [0.2, 0.25) is 11.8 Å². The molecule has 1 heterocycles. The lowest BCUT2D eigenvalue weighted by molar-refractivity contribution is -0.126. The van der Waals surface area contributed by atoms with Crippen molar-refractivity contribution in [1.82, 2.24) is 5.32 Å². The van der Waals surface area contributed by atoms with Crippen LogP contribution >= 0.6 is 11.3 Å². The van der Waals surface area contributed by atoms with Gasteiger partial charge in [0.05, 0.1) is 6.42 Å². The van der Waals surface area contributed by atoms with E-state index in [1.165, 1.54) is 11.3 Å². The third-order valence-electron chi connectivity index (χ3n) is 5.14. The van der Waals surface area contributed by atoms with Crippen molar-refractivity contribution in [2.24, 2.45) is 0 Å². The molecule has 4 rings (SSSR count). The van der Waals surface area contributed by atoms with Crippen molar-refractivity contribution in [3.05, 3.63) is 125 Å². The van der Waals surface area contributed by atoms with Gasteiger partial charge in [-0.1, -0.05) is 84.9 Å². The van der Waals surface area contributed by atoms with E-state index in [-0.39, 0.29) is 18.2 Å². The number of benzene rings is 3. The molecule has 4 nitrogen and oxygen atoms in total. The molecule has 160 valence electrons. The van der Waals surface area contributed by atoms with E-state index in [9.17, 15) is 9.59 Å². The highest BCUT2D eigenvalue weighted by Gasteiger charge is 2.32. The summed E-state index contributed by atoms with van der Waals surface area (Å²) in [5.74, 6) is -0.342. The van der Waals surface area contributed by atoms with Crippen LogP contribution < -0.4 is 10.2 Å². The molecule has 0 radical (unpaired) electrons. The molecule has 0 bridgehead atoms. The summed E-state index contributed by atoms with van der Waals surface area (Å²) in [5, 5.41) is 4.99. The Labute approximate surface area is 192 Å². The Balaban J connectivity index is 1.69. The number of nitrogens with one attached hydrogen (secondary N) is 1. The molecule has 0 spiro atoms. The number of thiophene rings is 1. The average Bonchev–Trinajstić information content (AvgIpc) is 3.35. The number of nitrogens with zero attached hydrogens (tertiary/aromatic N) is 1. The minimum Gasteiger partial charge on any atom is -0.350 e. The maximum Gasteiger partial charge on any atom is 0.248 e. The zero-order valence-corrected chi connectivity index (χ0v) is 18.4. The average molecular weight is 441 g/mol.